The highest BCUT2D eigenvalue weighted by Crippen LogP contribution is 2.45. The number of aliphatic imine (C=N–C) groups is 1. The maximum absolute atomic E-state index is 14.9. The van der Waals surface area contributed by atoms with Crippen molar-refractivity contribution in [3.63, 3.8) is 0 Å². The number of benzene rings is 2. The third-order valence-electron chi connectivity index (χ3n) is 8.40. The Kier molecular flexibility index (Phi) is 9.40. The van der Waals surface area contributed by atoms with Crippen LogP contribution in [0, 0.1) is 5.41 Å². The lowest BCUT2D eigenvalue weighted by atomic mass is 9.75. The summed E-state index contributed by atoms with van der Waals surface area (Å²) in [5.41, 5.74) is 7.59. The molecule has 2 amide bonds. The minimum absolute atomic E-state index is 0.0554. The number of carbonyl (C=O) groups is 2. The number of aromatic nitrogens is 5. The lowest BCUT2D eigenvalue weighted by Gasteiger charge is -2.35. The average molecular weight is 696 g/mol. The van der Waals surface area contributed by atoms with Gasteiger partial charge in [-0.15, -0.1) is 0 Å². The molecule has 4 aromatic rings. The van der Waals surface area contributed by atoms with Gasteiger partial charge in [-0.05, 0) is 40.7 Å². The predicted octanol–water partition coefficient (Wildman–Crippen LogP) is 5.38. The second-order valence-corrected chi connectivity index (χ2v) is 13.5. The van der Waals surface area contributed by atoms with E-state index in [4.69, 9.17) is 31.8 Å². The summed E-state index contributed by atoms with van der Waals surface area (Å²) in [5, 5.41) is 10.8. The Morgan fingerprint density at radius 1 is 1.14 bits per heavy atom. The molecular formula is C33H36ClF2N9O4. The standard InChI is InChI=1S/C33H36ClF2N9O4/c1-32(2,3)18-33(23-7-4-20(5-8-23)22-15-40-44(16-22)29(35)36)28(46)45(30(37)41-33)26(17-49-31(47)43-10-12-48-13-11-43)21-6-9-25(34)24(14-21)27-38-19-39-42-27/h4-9,14-16,19,26,29H,10-13,17-18H2,1-3H3,(H2,37,41)(H,38,39,42)/t26?,33-/m1/s1. The molecule has 2 aliphatic rings. The first-order valence-electron chi connectivity index (χ1n) is 15.6. The molecule has 258 valence electrons. The van der Waals surface area contributed by atoms with Gasteiger partial charge in [-0.25, -0.2) is 19.5 Å². The van der Waals surface area contributed by atoms with Gasteiger partial charge in [0.1, 0.15) is 12.9 Å². The number of guanidine groups is 1. The average Bonchev–Trinajstić information content (AvgIpc) is 3.84. The number of ether oxygens (including phenoxy) is 2. The first-order valence-corrected chi connectivity index (χ1v) is 16.0. The second-order valence-electron chi connectivity index (χ2n) is 13.1. The van der Waals surface area contributed by atoms with Gasteiger partial charge in [-0.2, -0.15) is 19.0 Å². The zero-order valence-corrected chi connectivity index (χ0v) is 27.9. The number of hydrogen-bond donors (Lipinski definition) is 2. The number of alkyl halides is 2. The topological polar surface area (TPSA) is 157 Å². The molecule has 2 aromatic carbocycles. The molecule has 6 rings (SSSR count). The summed E-state index contributed by atoms with van der Waals surface area (Å²) >= 11 is 6.55. The number of carbonyl (C=O) groups excluding carboxylic acids is 2. The molecule has 2 atom stereocenters. The van der Waals surface area contributed by atoms with E-state index < -0.39 is 35.5 Å². The molecule has 0 bridgehead atoms. The summed E-state index contributed by atoms with van der Waals surface area (Å²) in [6.07, 6.45) is 3.69. The van der Waals surface area contributed by atoms with Crippen LogP contribution in [0.25, 0.3) is 22.5 Å². The van der Waals surface area contributed by atoms with Crippen molar-refractivity contribution in [3.05, 3.63) is 77.3 Å². The van der Waals surface area contributed by atoms with E-state index in [-0.39, 0.29) is 19.0 Å². The largest absolute Gasteiger partial charge is 0.447 e. The summed E-state index contributed by atoms with van der Waals surface area (Å²) in [7, 11) is 0. The molecule has 0 spiro atoms. The Morgan fingerprint density at radius 3 is 2.51 bits per heavy atom. The van der Waals surface area contributed by atoms with Crippen LogP contribution in [0.2, 0.25) is 5.02 Å². The van der Waals surface area contributed by atoms with E-state index in [9.17, 15) is 18.4 Å². The first kappa shape index (κ1) is 34.0. The molecule has 3 N–H and O–H groups in total. The quantitative estimate of drug-likeness (QED) is 0.236. The van der Waals surface area contributed by atoms with E-state index >= 15 is 0 Å². The Hall–Kier alpha value is -4.89. The van der Waals surface area contributed by atoms with Crippen molar-refractivity contribution in [2.45, 2.75) is 45.3 Å². The van der Waals surface area contributed by atoms with Crippen LogP contribution < -0.4 is 5.73 Å². The van der Waals surface area contributed by atoms with Gasteiger partial charge in [-0.1, -0.05) is 62.7 Å². The highest BCUT2D eigenvalue weighted by molar-refractivity contribution is 6.33. The van der Waals surface area contributed by atoms with Crippen LogP contribution in [0.3, 0.4) is 0 Å². The molecule has 2 aromatic heterocycles. The van der Waals surface area contributed by atoms with Crippen LogP contribution >= 0.6 is 11.6 Å². The Bertz CT molecular complexity index is 1840. The molecule has 16 heteroatoms. The number of hydrogen-bond acceptors (Lipinski definition) is 9. The van der Waals surface area contributed by atoms with Crippen molar-refractivity contribution in [1.82, 2.24) is 34.8 Å². The van der Waals surface area contributed by atoms with Gasteiger partial charge in [0.15, 0.2) is 17.3 Å². The molecule has 0 aliphatic carbocycles. The fourth-order valence-electron chi connectivity index (χ4n) is 6.18. The fourth-order valence-corrected chi connectivity index (χ4v) is 6.39. The molecule has 0 saturated carbocycles. The molecule has 49 heavy (non-hydrogen) atoms. The maximum Gasteiger partial charge on any atom is 0.410 e. The Morgan fingerprint density at radius 2 is 1.88 bits per heavy atom. The smallest absolute Gasteiger partial charge is 0.410 e. The second kappa shape index (κ2) is 13.6. The number of nitrogens with one attached hydrogen (secondary N) is 1. The van der Waals surface area contributed by atoms with E-state index in [2.05, 4.69) is 20.3 Å². The van der Waals surface area contributed by atoms with E-state index in [0.29, 0.717) is 69.6 Å². The van der Waals surface area contributed by atoms with Crippen molar-refractivity contribution in [2.75, 3.05) is 32.9 Å². The van der Waals surface area contributed by atoms with Gasteiger partial charge in [0, 0.05) is 30.4 Å². The summed E-state index contributed by atoms with van der Waals surface area (Å²) in [4.78, 5) is 40.0. The third-order valence-corrected chi connectivity index (χ3v) is 8.73. The van der Waals surface area contributed by atoms with Crippen LogP contribution in [-0.2, 0) is 19.8 Å². The molecule has 1 unspecified atom stereocenters. The zero-order chi connectivity index (χ0) is 34.9. The van der Waals surface area contributed by atoms with Gasteiger partial charge in [0.2, 0.25) is 0 Å². The number of rotatable bonds is 9. The van der Waals surface area contributed by atoms with Gasteiger partial charge in [0.05, 0.1) is 30.5 Å². The predicted molar refractivity (Wildman–Crippen MR) is 176 cm³/mol. The molecule has 0 radical (unpaired) electrons. The summed E-state index contributed by atoms with van der Waals surface area (Å²) in [6.45, 7) is 4.51. The van der Waals surface area contributed by atoms with Gasteiger partial charge < -0.3 is 20.1 Å². The third kappa shape index (κ3) is 6.99. The van der Waals surface area contributed by atoms with Gasteiger partial charge >= 0.3 is 12.6 Å². The Balaban J connectivity index is 1.38. The van der Waals surface area contributed by atoms with Gasteiger partial charge in [0.25, 0.3) is 5.91 Å². The number of amides is 2. The van der Waals surface area contributed by atoms with Crippen LogP contribution in [0.1, 0.15) is 50.9 Å². The van der Waals surface area contributed by atoms with Crippen LogP contribution in [0.15, 0.2) is 66.2 Å². The van der Waals surface area contributed by atoms with Crippen molar-refractivity contribution in [1.29, 1.82) is 0 Å². The van der Waals surface area contributed by atoms with E-state index in [1.165, 1.54) is 23.6 Å². The van der Waals surface area contributed by atoms with Crippen molar-refractivity contribution < 1.29 is 27.8 Å². The lowest BCUT2D eigenvalue weighted by molar-refractivity contribution is -0.135. The fraction of sp³-hybridized carbons (Fsp3) is 0.394. The van der Waals surface area contributed by atoms with E-state index in [1.54, 1.807) is 47.4 Å². The summed E-state index contributed by atoms with van der Waals surface area (Å²) in [5.74, 6) is -0.0616. The van der Waals surface area contributed by atoms with E-state index in [1.807, 2.05) is 20.8 Å². The lowest BCUT2D eigenvalue weighted by Crippen LogP contribution is -2.48. The monoisotopic (exact) mass is 695 g/mol. The summed E-state index contributed by atoms with van der Waals surface area (Å²) < 4.78 is 38.1. The number of halogens is 3. The summed E-state index contributed by atoms with van der Waals surface area (Å²) in [6, 6.07) is 11.2. The number of nitrogens with zero attached hydrogens (tertiary/aromatic N) is 7. The molecule has 1 saturated heterocycles. The molecule has 2 aliphatic heterocycles. The van der Waals surface area contributed by atoms with E-state index in [0.717, 1.165) is 0 Å². The van der Waals surface area contributed by atoms with Crippen LogP contribution in [0.4, 0.5) is 13.6 Å². The zero-order valence-electron chi connectivity index (χ0n) is 27.1. The Labute approximate surface area is 286 Å². The molecule has 13 nitrogen and oxygen atoms in total. The number of nitrogens with two attached hydrogens (primary N) is 1. The van der Waals surface area contributed by atoms with Crippen molar-refractivity contribution in [3.8, 4) is 22.5 Å². The van der Waals surface area contributed by atoms with Gasteiger partial charge in [-0.3, -0.25) is 14.8 Å². The van der Waals surface area contributed by atoms with Crippen molar-refractivity contribution >= 4 is 29.6 Å². The SMILES string of the molecule is CC(C)(C)C[C@]1(c2ccc(-c3cnn(C(F)F)c3)cc2)N=C(N)N(C(COC(=O)N2CCOCC2)c2ccc(Cl)c(-c3ncn[nH]3)c2)C1=O. The highest BCUT2D eigenvalue weighted by atomic mass is 35.5. The molecule has 1 fully saturated rings. The molecular weight excluding hydrogens is 660 g/mol. The van der Waals surface area contributed by atoms with Crippen LogP contribution in [0.5, 0.6) is 0 Å². The number of morpholine rings is 1. The highest BCUT2D eigenvalue weighted by Gasteiger charge is 2.53. The number of H-pyrrole nitrogens is 1. The first-order chi connectivity index (χ1) is 23.4. The molecule has 4 heterocycles. The number of aromatic amines is 1. The van der Waals surface area contributed by atoms with Crippen LogP contribution in [-0.4, -0.2) is 85.6 Å². The minimum atomic E-state index is -2.77. The maximum atomic E-state index is 14.9. The normalized spacial score (nSPS) is 19.0. The minimum Gasteiger partial charge on any atom is -0.447 e. The van der Waals surface area contributed by atoms with Crippen molar-refractivity contribution in [2.24, 2.45) is 16.1 Å².